The van der Waals surface area contributed by atoms with Crippen LogP contribution in [0.3, 0.4) is 0 Å². The van der Waals surface area contributed by atoms with Crippen molar-refractivity contribution < 1.29 is 9.59 Å². The molecule has 0 saturated heterocycles. The Hall–Kier alpha value is -1.53. The van der Waals surface area contributed by atoms with Crippen LogP contribution >= 0.6 is 11.8 Å². The highest BCUT2D eigenvalue weighted by molar-refractivity contribution is 7.98. The van der Waals surface area contributed by atoms with Crippen LogP contribution in [0.15, 0.2) is 18.2 Å². The highest BCUT2D eigenvalue weighted by Gasteiger charge is 2.17. The van der Waals surface area contributed by atoms with Gasteiger partial charge in [-0.1, -0.05) is 0 Å². The molecule has 1 aliphatic heterocycles. The molecule has 1 heterocycles. The van der Waals surface area contributed by atoms with Gasteiger partial charge in [0, 0.05) is 17.8 Å². The molecule has 5 nitrogen and oxygen atoms in total. The third-order valence-corrected chi connectivity index (χ3v) is 3.88. The summed E-state index contributed by atoms with van der Waals surface area (Å²) in [7, 11) is 0. The number of nitrogens with one attached hydrogen (secondary N) is 2. The molecule has 2 rings (SSSR count). The molecule has 2 amide bonds. The standard InChI is InChI=1S/C14H19N3O2S/c1-20-7-6-11(15)14(19)16-10-3-4-12-9(8-10)2-5-13(18)17-12/h3-4,8,11H,2,5-7,15H2,1H3,(H,16,19)(H,17,18)/t11-/m1/s1. The predicted molar refractivity (Wildman–Crippen MR) is 83.0 cm³/mol. The largest absolute Gasteiger partial charge is 0.326 e. The lowest BCUT2D eigenvalue weighted by molar-refractivity contribution is -0.117. The van der Waals surface area contributed by atoms with E-state index in [1.807, 2.05) is 18.4 Å². The molecule has 0 radical (unpaired) electrons. The van der Waals surface area contributed by atoms with Gasteiger partial charge >= 0.3 is 0 Å². The van der Waals surface area contributed by atoms with Crippen LogP contribution in [-0.2, 0) is 16.0 Å². The Morgan fingerprint density at radius 1 is 1.50 bits per heavy atom. The minimum Gasteiger partial charge on any atom is -0.326 e. The minimum absolute atomic E-state index is 0.0355. The minimum atomic E-state index is -0.488. The number of fused-ring (bicyclic) bond motifs is 1. The molecule has 1 aromatic rings. The van der Waals surface area contributed by atoms with E-state index in [-0.39, 0.29) is 11.8 Å². The number of hydrogen-bond donors (Lipinski definition) is 3. The van der Waals surface area contributed by atoms with E-state index in [1.54, 1.807) is 17.8 Å². The summed E-state index contributed by atoms with van der Waals surface area (Å²) in [4.78, 5) is 23.2. The van der Waals surface area contributed by atoms with Crippen LogP contribution in [0.1, 0.15) is 18.4 Å². The zero-order valence-electron chi connectivity index (χ0n) is 11.4. The van der Waals surface area contributed by atoms with E-state index in [9.17, 15) is 9.59 Å². The summed E-state index contributed by atoms with van der Waals surface area (Å²) in [5.41, 5.74) is 8.42. The average Bonchev–Trinajstić information content (AvgIpc) is 2.44. The second-order valence-electron chi connectivity index (χ2n) is 4.80. The SMILES string of the molecule is CSCC[C@@H](N)C(=O)Nc1ccc2c(c1)CCC(=O)N2. The third kappa shape index (κ3) is 3.74. The summed E-state index contributed by atoms with van der Waals surface area (Å²) >= 11 is 1.67. The fourth-order valence-electron chi connectivity index (χ4n) is 2.07. The van der Waals surface area contributed by atoms with Gasteiger partial charge in [0.2, 0.25) is 11.8 Å². The first-order valence-corrected chi connectivity index (χ1v) is 7.97. The van der Waals surface area contributed by atoms with Gasteiger partial charge in [-0.2, -0.15) is 11.8 Å². The summed E-state index contributed by atoms with van der Waals surface area (Å²) in [6.45, 7) is 0. The number of anilines is 2. The second kappa shape index (κ2) is 6.76. The van der Waals surface area contributed by atoms with Crippen molar-refractivity contribution in [3.05, 3.63) is 23.8 Å². The summed E-state index contributed by atoms with van der Waals surface area (Å²) in [6, 6.07) is 5.01. The van der Waals surface area contributed by atoms with Crippen molar-refractivity contribution in [3.63, 3.8) is 0 Å². The lowest BCUT2D eigenvalue weighted by Crippen LogP contribution is -2.36. The van der Waals surface area contributed by atoms with Crippen LogP contribution in [-0.4, -0.2) is 29.9 Å². The van der Waals surface area contributed by atoms with Gasteiger partial charge in [-0.15, -0.1) is 0 Å². The summed E-state index contributed by atoms with van der Waals surface area (Å²) in [5.74, 6) is 0.734. The van der Waals surface area contributed by atoms with Crippen molar-refractivity contribution in [2.75, 3.05) is 22.6 Å². The van der Waals surface area contributed by atoms with Crippen molar-refractivity contribution in [3.8, 4) is 0 Å². The molecule has 108 valence electrons. The fourth-order valence-corrected chi connectivity index (χ4v) is 2.56. The van der Waals surface area contributed by atoms with Crippen molar-refractivity contribution in [2.24, 2.45) is 5.73 Å². The lowest BCUT2D eigenvalue weighted by atomic mass is 10.0. The van der Waals surface area contributed by atoms with E-state index in [2.05, 4.69) is 10.6 Å². The topological polar surface area (TPSA) is 84.2 Å². The Labute approximate surface area is 122 Å². The Bertz CT molecular complexity index is 519. The van der Waals surface area contributed by atoms with Gasteiger partial charge < -0.3 is 16.4 Å². The molecule has 0 aromatic heterocycles. The molecule has 0 bridgehead atoms. The normalized spacial score (nSPS) is 15.2. The number of carbonyl (C=O) groups excluding carboxylic acids is 2. The first-order chi connectivity index (χ1) is 9.60. The highest BCUT2D eigenvalue weighted by atomic mass is 32.2. The molecule has 4 N–H and O–H groups in total. The maximum atomic E-state index is 11.9. The van der Waals surface area contributed by atoms with Gasteiger partial charge in [0.25, 0.3) is 0 Å². The summed E-state index contributed by atoms with van der Waals surface area (Å²) in [6.07, 6.45) is 3.83. The molecular weight excluding hydrogens is 274 g/mol. The van der Waals surface area contributed by atoms with Gasteiger partial charge in [0.1, 0.15) is 0 Å². The second-order valence-corrected chi connectivity index (χ2v) is 5.78. The fraction of sp³-hybridized carbons (Fsp3) is 0.429. The summed E-state index contributed by atoms with van der Waals surface area (Å²) in [5, 5.41) is 5.64. The van der Waals surface area contributed by atoms with Gasteiger partial charge in [-0.05, 0) is 48.6 Å². The Morgan fingerprint density at radius 3 is 3.05 bits per heavy atom. The number of rotatable bonds is 5. The molecule has 0 saturated carbocycles. The molecule has 0 aliphatic carbocycles. The third-order valence-electron chi connectivity index (χ3n) is 3.24. The predicted octanol–water partition coefficient (Wildman–Crippen LogP) is 1.59. The molecule has 1 aromatic carbocycles. The van der Waals surface area contributed by atoms with E-state index in [1.165, 1.54) is 0 Å². The van der Waals surface area contributed by atoms with E-state index in [0.29, 0.717) is 19.3 Å². The molecule has 0 fully saturated rings. The van der Waals surface area contributed by atoms with Crippen LogP contribution in [0.25, 0.3) is 0 Å². The number of hydrogen-bond acceptors (Lipinski definition) is 4. The van der Waals surface area contributed by atoms with Crippen LogP contribution in [0.5, 0.6) is 0 Å². The maximum absolute atomic E-state index is 11.9. The number of thioether (sulfide) groups is 1. The smallest absolute Gasteiger partial charge is 0.241 e. The first-order valence-electron chi connectivity index (χ1n) is 6.58. The van der Waals surface area contributed by atoms with Gasteiger partial charge in [0.15, 0.2) is 0 Å². The first kappa shape index (κ1) is 14.9. The maximum Gasteiger partial charge on any atom is 0.241 e. The van der Waals surface area contributed by atoms with Crippen molar-refractivity contribution in [2.45, 2.75) is 25.3 Å². The Balaban J connectivity index is 2.00. The molecule has 0 unspecified atom stereocenters. The van der Waals surface area contributed by atoms with Gasteiger partial charge in [-0.3, -0.25) is 9.59 Å². The molecular formula is C14H19N3O2S. The Morgan fingerprint density at radius 2 is 2.30 bits per heavy atom. The van der Waals surface area contributed by atoms with Crippen molar-refractivity contribution in [1.82, 2.24) is 0 Å². The molecule has 1 aliphatic rings. The average molecular weight is 293 g/mol. The highest BCUT2D eigenvalue weighted by Crippen LogP contribution is 2.25. The van der Waals surface area contributed by atoms with Crippen LogP contribution < -0.4 is 16.4 Å². The van der Waals surface area contributed by atoms with E-state index in [0.717, 1.165) is 22.7 Å². The molecule has 1 atom stereocenters. The zero-order chi connectivity index (χ0) is 14.5. The van der Waals surface area contributed by atoms with Crippen molar-refractivity contribution in [1.29, 1.82) is 0 Å². The molecule has 20 heavy (non-hydrogen) atoms. The zero-order valence-corrected chi connectivity index (χ0v) is 12.3. The van der Waals surface area contributed by atoms with Crippen LogP contribution in [0.2, 0.25) is 0 Å². The Kier molecular flexibility index (Phi) is 5.03. The number of nitrogens with two attached hydrogens (primary N) is 1. The quantitative estimate of drug-likeness (QED) is 0.769. The molecule has 6 heteroatoms. The van der Waals surface area contributed by atoms with E-state index >= 15 is 0 Å². The van der Waals surface area contributed by atoms with E-state index in [4.69, 9.17) is 5.73 Å². The van der Waals surface area contributed by atoms with Crippen LogP contribution in [0, 0.1) is 0 Å². The monoisotopic (exact) mass is 293 g/mol. The van der Waals surface area contributed by atoms with E-state index < -0.39 is 6.04 Å². The van der Waals surface area contributed by atoms with Gasteiger partial charge in [-0.25, -0.2) is 0 Å². The number of carbonyl (C=O) groups is 2. The molecule has 0 spiro atoms. The van der Waals surface area contributed by atoms with Gasteiger partial charge in [0.05, 0.1) is 6.04 Å². The number of amides is 2. The lowest BCUT2D eigenvalue weighted by Gasteiger charge is -2.18. The van der Waals surface area contributed by atoms with Crippen molar-refractivity contribution >= 4 is 35.0 Å². The summed E-state index contributed by atoms with van der Waals surface area (Å²) < 4.78 is 0. The van der Waals surface area contributed by atoms with Crippen LogP contribution in [0.4, 0.5) is 11.4 Å². The number of benzene rings is 1. The number of aryl methyl sites for hydroxylation is 1.